The zero-order valence-corrected chi connectivity index (χ0v) is 19.4. The Labute approximate surface area is 203 Å². The molecule has 4 aromatic rings. The number of halogens is 2. The number of thiazole rings is 1. The lowest BCUT2D eigenvalue weighted by Gasteiger charge is -2.25. The number of hydrogen-bond acceptors (Lipinski definition) is 4. The van der Waals surface area contributed by atoms with E-state index in [1.54, 1.807) is 61.5 Å². The third kappa shape index (κ3) is 4.48. The summed E-state index contributed by atoms with van der Waals surface area (Å²) >= 11 is 1.18. The predicted molar refractivity (Wildman–Crippen MR) is 132 cm³/mol. The van der Waals surface area contributed by atoms with Crippen molar-refractivity contribution in [3.05, 3.63) is 133 Å². The van der Waals surface area contributed by atoms with Crippen LogP contribution >= 0.6 is 11.3 Å². The van der Waals surface area contributed by atoms with E-state index in [-0.39, 0.29) is 11.4 Å². The maximum atomic E-state index is 13.7. The highest BCUT2D eigenvalue weighted by Gasteiger charge is 2.32. The molecule has 8 heteroatoms. The standard InChI is InChI=1S/C27H19F2N3O2S/c1-16-23(25(33)31-21-5-3-2-4-6-21)24(18-9-13-20(29)14-10-18)32-26(34)22(35-27(32)30-16)15-17-7-11-19(28)12-8-17/h2-15,24H,1H3,(H,31,33)/b22-15+/t24-/m1/s1. The number of amides is 1. The molecular weight excluding hydrogens is 468 g/mol. The zero-order valence-electron chi connectivity index (χ0n) is 18.5. The first-order valence-corrected chi connectivity index (χ1v) is 11.6. The fourth-order valence-electron chi connectivity index (χ4n) is 4.00. The summed E-state index contributed by atoms with van der Waals surface area (Å²) in [6, 6.07) is 19.7. The number of carbonyl (C=O) groups excluding carboxylic acids is 1. The first-order chi connectivity index (χ1) is 16.9. The molecule has 0 fully saturated rings. The summed E-state index contributed by atoms with van der Waals surface area (Å²) in [4.78, 5) is 32.0. The van der Waals surface area contributed by atoms with Crippen LogP contribution in [0.15, 0.2) is 99.9 Å². The van der Waals surface area contributed by atoms with Crippen molar-refractivity contribution >= 4 is 29.0 Å². The summed E-state index contributed by atoms with van der Waals surface area (Å²) in [5.41, 5.74) is 2.25. The largest absolute Gasteiger partial charge is 0.322 e. The maximum Gasteiger partial charge on any atom is 0.271 e. The van der Waals surface area contributed by atoms with E-state index in [1.165, 1.54) is 40.2 Å². The number of para-hydroxylation sites is 1. The average molecular weight is 488 g/mol. The highest BCUT2D eigenvalue weighted by atomic mass is 32.1. The molecule has 0 radical (unpaired) electrons. The molecule has 0 bridgehead atoms. The SMILES string of the molecule is CC1=C(C(=O)Nc2ccccc2)[C@@H](c2ccc(F)cc2)n2c(s/c(=C/c3ccc(F)cc3)c2=O)=N1. The van der Waals surface area contributed by atoms with Crippen LogP contribution < -0.4 is 20.2 Å². The molecule has 1 atom stereocenters. The van der Waals surface area contributed by atoms with E-state index in [2.05, 4.69) is 10.3 Å². The van der Waals surface area contributed by atoms with E-state index < -0.39 is 17.8 Å². The number of carbonyl (C=O) groups is 1. The molecule has 3 aromatic carbocycles. The lowest BCUT2D eigenvalue weighted by atomic mass is 9.95. The van der Waals surface area contributed by atoms with Crippen molar-refractivity contribution in [1.29, 1.82) is 0 Å². The summed E-state index contributed by atoms with van der Waals surface area (Å²) in [7, 11) is 0. The third-order valence-electron chi connectivity index (χ3n) is 5.65. The van der Waals surface area contributed by atoms with E-state index in [4.69, 9.17) is 0 Å². The van der Waals surface area contributed by atoms with Crippen LogP contribution in [0, 0.1) is 11.6 Å². The number of allylic oxidation sites excluding steroid dienone is 1. The lowest BCUT2D eigenvalue weighted by Crippen LogP contribution is -2.40. The van der Waals surface area contributed by atoms with Gasteiger partial charge in [-0.1, -0.05) is 53.8 Å². The minimum absolute atomic E-state index is 0.293. The molecular formula is C27H19F2N3O2S. The first kappa shape index (κ1) is 22.6. The Morgan fingerprint density at radius 3 is 2.26 bits per heavy atom. The summed E-state index contributed by atoms with van der Waals surface area (Å²) < 4.78 is 28.9. The summed E-state index contributed by atoms with van der Waals surface area (Å²) in [5, 5.41) is 2.87. The maximum absolute atomic E-state index is 13.7. The minimum atomic E-state index is -0.800. The van der Waals surface area contributed by atoms with Gasteiger partial charge in [0.25, 0.3) is 11.5 Å². The number of rotatable bonds is 4. The van der Waals surface area contributed by atoms with Gasteiger partial charge in [0.2, 0.25) is 0 Å². The van der Waals surface area contributed by atoms with Crippen LogP contribution in [0.2, 0.25) is 0 Å². The van der Waals surface area contributed by atoms with Gasteiger partial charge in [-0.2, -0.15) is 0 Å². The quantitative estimate of drug-likeness (QED) is 0.470. The summed E-state index contributed by atoms with van der Waals surface area (Å²) in [6.07, 6.45) is 1.66. The molecule has 0 unspecified atom stereocenters. The summed E-state index contributed by atoms with van der Waals surface area (Å²) in [6.45, 7) is 1.72. The molecule has 1 aliphatic heterocycles. The van der Waals surface area contributed by atoms with E-state index in [1.807, 2.05) is 6.07 Å². The van der Waals surface area contributed by atoms with Crippen molar-refractivity contribution in [1.82, 2.24) is 4.57 Å². The molecule has 5 rings (SSSR count). The van der Waals surface area contributed by atoms with E-state index in [9.17, 15) is 18.4 Å². The highest BCUT2D eigenvalue weighted by Crippen LogP contribution is 2.30. The number of nitrogens with zero attached hydrogens (tertiary/aromatic N) is 2. The molecule has 1 aromatic heterocycles. The first-order valence-electron chi connectivity index (χ1n) is 10.8. The average Bonchev–Trinajstić information content (AvgIpc) is 3.15. The van der Waals surface area contributed by atoms with E-state index in [0.29, 0.717) is 37.4 Å². The Morgan fingerprint density at radius 1 is 0.971 bits per heavy atom. The normalized spacial score (nSPS) is 15.5. The number of nitrogens with one attached hydrogen (secondary N) is 1. The van der Waals surface area contributed by atoms with Crippen molar-refractivity contribution in [3.63, 3.8) is 0 Å². The van der Waals surface area contributed by atoms with Gasteiger partial charge in [-0.05, 0) is 60.5 Å². The van der Waals surface area contributed by atoms with E-state index in [0.717, 1.165) is 0 Å². The van der Waals surface area contributed by atoms with Gasteiger partial charge in [0.1, 0.15) is 11.6 Å². The highest BCUT2D eigenvalue weighted by molar-refractivity contribution is 7.07. The Morgan fingerprint density at radius 2 is 1.60 bits per heavy atom. The topological polar surface area (TPSA) is 63.5 Å². The number of fused-ring (bicyclic) bond motifs is 1. The van der Waals surface area contributed by atoms with Crippen molar-refractivity contribution in [2.75, 3.05) is 5.32 Å². The number of aromatic nitrogens is 1. The van der Waals surface area contributed by atoms with Crippen molar-refractivity contribution in [2.24, 2.45) is 4.99 Å². The lowest BCUT2D eigenvalue weighted by molar-refractivity contribution is -0.113. The van der Waals surface area contributed by atoms with Crippen molar-refractivity contribution < 1.29 is 13.6 Å². The van der Waals surface area contributed by atoms with E-state index >= 15 is 0 Å². The van der Waals surface area contributed by atoms with Gasteiger partial charge in [0, 0.05) is 5.69 Å². The van der Waals surface area contributed by atoms with Gasteiger partial charge in [0.05, 0.1) is 21.8 Å². The number of benzene rings is 3. The van der Waals surface area contributed by atoms with Crippen LogP contribution in [0.5, 0.6) is 0 Å². The Hall–Kier alpha value is -4.17. The fraction of sp³-hybridized carbons (Fsp3) is 0.0741. The number of anilines is 1. The molecule has 0 saturated carbocycles. The Kier molecular flexibility index (Phi) is 5.96. The second-order valence-electron chi connectivity index (χ2n) is 8.01. The molecule has 1 amide bonds. The van der Waals surface area contributed by atoms with Gasteiger partial charge in [-0.25, -0.2) is 13.8 Å². The molecule has 1 aliphatic rings. The van der Waals surface area contributed by atoms with Gasteiger partial charge >= 0.3 is 0 Å². The van der Waals surface area contributed by atoms with Crippen molar-refractivity contribution in [2.45, 2.75) is 13.0 Å². The molecule has 35 heavy (non-hydrogen) atoms. The van der Waals surface area contributed by atoms with Crippen LogP contribution in [0.3, 0.4) is 0 Å². The van der Waals surface area contributed by atoms with Gasteiger partial charge in [-0.3, -0.25) is 14.2 Å². The fourth-order valence-corrected chi connectivity index (χ4v) is 5.05. The van der Waals surface area contributed by atoms with Crippen LogP contribution in [-0.2, 0) is 4.79 Å². The molecule has 0 aliphatic carbocycles. The molecule has 1 N–H and O–H groups in total. The van der Waals surface area contributed by atoms with Crippen molar-refractivity contribution in [3.8, 4) is 0 Å². The summed E-state index contributed by atoms with van der Waals surface area (Å²) in [5.74, 6) is -1.20. The van der Waals surface area contributed by atoms with Gasteiger partial charge < -0.3 is 5.32 Å². The second kappa shape index (κ2) is 9.23. The van der Waals surface area contributed by atoms with Gasteiger partial charge in [0.15, 0.2) is 4.80 Å². The third-order valence-corrected chi connectivity index (χ3v) is 6.63. The van der Waals surface area contributed by atoms with Crippen LogP contribution in [0.4, 0.5) is 14.5 Å². The van der Waals surface area contributed by atoms with Gasteiger partial charge in [-0.15, -0.1) is 0 Å². The Bertz CT molecular complexity index is 1620. The van der Waals surface area contributed by atoms with Crippen LogP contribution in [0.1, 0.15) is 24.1 Å². The smallest absolute Gasteiger partial charge is 0.271 e. The molecule has 2 heterocycles. The predicted octanol–water partition coefficient (Wildman–Crippen LogP) is 4.15. The zero-order chi connectivity index (χ0) is 24.5. The molecule has 174 valence electrons. The number of hydrogen-bond donors (Lipinski definition) is 1. The van der Waals surface area contributed by atoms with Crippen LogP contribution in [-0.4, -0.2) is 10.5 Å². The monoisotopic (exact) mass is 487 g/mol. The minimum Gasteiger partial charge on any atom is -0.322 e. The molecule has 0 spiro atoms. The molecule has 5 nitrogen and oxygen atoms in total. The molecule has 0 saturated heterocycles. The van der Waals surface area contributed by atoms with Crippen LogP contribution in [0.25, 0.3) is 6.08 Å². The Balaban J connectivity index is 1.67. The second-order valence-corrected chi connectivity index (χ2v) is 9.01.